The number of halogens is 1. The Morgan fingerprint density at radius 3 is 2.58 bits per heavy atom. The molecule has 7 nitrogen and oxygen atoms in total. The van der Waals surface area contributed by atoms with E-state index in [1.807, 2.05) is 0 Å². The van der Waals surface area contributed by atoms with Crippen molar-refractivity contribution in [1.82, 2.24) is 4.31 Å². The van der Waals surface area contributed by atoms with E-state index in [-0.39, 0.29) is 23.7 Å². The molecule has 0 unspecified atom stereocenters. The largest absolute Gasteiger partial charge is 0.378 e. The molecule has 1 aromatic rings. The third kappa shape index (κ3) is 4.14. The van der Waals surface area contributed by atoms with Crippen molar-refractivity contribution in [2.75, 3.05) is 31.7 Å². The van der Waals surface area contributed by atoms with Crippen LogP contribution in [0.3, 0.4) is 0 Å². The van der Waals surface area contributed by atoms with Crippen molar-refractivity contribution in [3.8, 4) is 0 Å². The summed E-state index contributed by atoms with van der Waals surface area (Å²) < 4.78 is 37.0. The Morgan fingerprint density at radius 2 is 2.05 bits per heavy atom. The summed E-state index contributed by atoms with van der Waals surface area (Å²) in [4.78, 5) is 10.1. The number of hydrogen-bond donors (Lipinski definition) is 1. The van der Waals surface area contributed by atoms with Crippen LogP contribution < -0.4 is 5.32 Å². The number of nitro groups is 1. The van der Waals surface area contributed by atoms with Crippen molar-refractivity contribution in [3.63, 3.8) is 0 Å². The summed E-state index contributed by atoms with van der Waals surface area (Å²) in [5.74, 6) is -0.878. The van der Waals surface area contributed by atoms with Gasteiger partial charge in [-0.05, 0) is 6.07 Å². The zero-order valence-corrected chi connectivity index (χ0v) is 11.3. The maximum absolute atomic E-state index is 13.0. The molecule has 0 radical (unpaired) electrons. The number of nitrogens with zero attached hydrogens (tertiary/aromatic N) is 2. The molecule has 0 aliphatic carbocycles. The highest BCUT2D eigenvalue weighted by Gasteiger charge is 2.16. The van der Waals surface area contributed by atoms with Crippen molar-refractivity contribution in [3.05, 3.63) is 34.1 Å². The van der Waals surface area contributed by atoms with Gasteiger partial charge >= 0.3 is 0 Å². The molecule has 0 aliphatic rings. The van der Waals surface area contributed by atoms with E-state index >= 15 is 0 Å². The predicted molar refractivity (Wildman–Crippen MR) is 69.0 cm³/mol. The standard InChI is InChI=1S/C10H14FN3O4S/c1-13(2)19(17,18)6-5-12-9-7-8(11)3-4-10(9)14(15)16/h3-4,7,12H,5-6H2,1-2H3. The van der Waals surface area contributed by atoms with E-state index in [1.165, 1.54) is 14.1 Å². The third-order valence-corrected chi connectivity index (χ3v) is 4.22. The van der Waals surface area contributed by atoms with Crippen LogP contribution in [0.15, 0.2) is 18.2 Å². The van der Waals surface area contributed by atoms with Gasteiger partial charge in [0, 0.05) is 32.8 Å². The average Bonchev–Trinajstić information content (AvgIpc) is 2.28. The molecule has 1 N–H and O–H groups in total. The molecule has 1 rings (SSSR count). The van der Waals surface area contributed by atoms with Crippen LogP contribution in [0, 0.1) is 15.9 Å². The van der Waals surface area contributed by atoms with Crippen molar-refractivity contribution < 1.29 is 17.7 Å². The number of sulfonamides is 1. The fourth-order valence-corrected chi connectivity index (χ4v) is 2.03. The van der Waals surface area contributed by atoms with E-state index in [9.17, 15) is 22.9 Å². The number of rotatable bonds is 6. The second-order valence-electron chi connectivity index (χ2n) is 3.94. The Kier molecular flexibility index (Phi) is 4.78. The number of anilines is 1. The first kappa shape index (κ1) is 15.3. The lowest BCUT2D eigenvalue weighted by molar-refractivity contribution is -0.384. The van der Waals surface area contributed by atoms with Gasteiger partial charge in [0.25, 0.3) is 5.69 Å². The molecule has 106 valence electrons. The van der Waals surface area contributed by atoms with Gasteiger partial charge in [-0.1, -0.05) is 0 Å². The average molecular weight is 291 g/mol. The van der Waals surface area contributed by atoms with Crippen molar-refractivity contribution in [2.24, 2.45) is 0 Å². The molecule has 0 atom stereocenters. The van der Waals surface area contributed by atoms with Crippen LogP contribution in [0.2, 0.25) is 0 Å². The second-order valence-corrected chi connectivity index (χ2v) is 6.25. The minimum Gasteiger partial charge on any atom is -0.378 e. The minimum absolute atomic E-state index is 0.0426. The highest BCUT2D eigenvalue weighted by molar-refractivity contribution is 7.89. The van der Waals surface area contributed by atoms with Crippen LogP contribution in [-0.2, 0) is 10.0 Å². The SMILES string of the molecule is CN(C)S(=O)(=O)CCNc1cc(F)ccc1[N+](=O)[O-]. The Hall–Kier alpha value is -1.74. The lowest BCUT2D eigenvalue weighted by atomic mass is 10.2. The van der Waals surface area contributed by atoms with Crippen LogP contribution in [0.1, 0.15) is 0 Å². The quantitative estimate of drug-likeness (QED) is 0.624. The van der Waals surface area contributed by atoms with Crippen LogP contribution in [0.5, 0.6) is 0 Å². The molecule has 0 bridgehead atoms. The van der Waals surface area contributed by atoms with Gasteiger partial charge < -0.3 is 5.32 Å². The van der Waals surface area contributed by atoms with E-state index in [0.717, 1.165) is 22.5 Å². The van der Waals surface area contributed by atoms with Crippen LogP contribution in [0.4, 0.5) is 15.8 Å². The molecule has 9 heteroatoms. The molecular weight excluding hydrogens is 277 g/mol. The number of hydrogen-bond acceptors (Lipinski definition) is 5. The van der Waals surface area contributed by atoms with Crippen LogP contribution in [0.25, 0.3) is 0 Å². The van der Waals surface area contributed by atoms with Gasteiger partial charge in [-0.3, -0.25) is 10.1 Å². The first-order chi connectivity index (χ1) is 8.74. The Balaban J connectivity index is 2.78. The monoisotopic (exact) mass is 291 g/mol. The van der Waals surface area contributed by atoms with Gasteiger partial charge in [-0.15, -0.1) is 0 Å². The normalized spacial score (nSPS) is 11.6. The Labute approximate surface area is 110 Å². The molecule has 19 heavy (non-hydrogen) atoms. The van der Waals surface area contributed by atoms with Gasteiger partial charge in [0.15, 0.2) is 0 Å². The fourth-order valence-electron chi connectivity index (χ4n) is 1.31. The Bertz CT molecular complexity index is 574. The van der Waals surface area contributed by atoms with Gasteiger partial charge in [0.1, 0.15) is 11.5 Å². The van der Waals surface area contributed by atoms with Crippen molar-refractivity contribution in [1.29, 1.82) is 0 Å². The van der Waals surface area contributed by atoms with E-state index < -0.39 is 20.8 Å². The maximum atomic E-state index is 13.0. The van der Waals surface area contributed by atoms with Gasteiger partial charge in [-0.2, -0.15) is 0 Å². The summed E-state index contributed by atoms with van der Waals surface area (Å²) >= 11 is 0. The van der Waals surface area contributed by atoms with E-state index in [0.29, 0.717) is 0 Å². The molecular formula is C10H14FN3O4S. The zero-order chi connectivity index (χ0) is 14.6. The van der Waals surface area contributed by atoms with Crippen molar-refractivity contribution in [2.45, 2.75) is 0 Å². The highest BCUT2D eigenvalue weighted by Crippen LogP contribution is 2.24. The molecule has 1 aromatic carbocycles. The molecule has 0 aromatic heterocycles. The number of nitro benzene ring substituents is 1. The maximum Gasteiger partial charge on any atom is 0.292 e. The molecule has 0 amide bonds. The summed E-state index contributed by atoms with van der Waals surface area (Å²) in [6.07, 6.45) is 0. The summed E-state index contributed by atoms with van der Waals surface area (Å²) in [7, 11) is -0.627. The lowest BCUT2D eigenvalue weighted by Gasteiger charge is -2.12. The first-order valence-electron chi connectivity index (χ1n) is 5.32. The van der Waals surface area contributed by atoms with Crippen molar-refractivity contribution >= 4 is 21.4 Å². The highest BCUT2D eigenvalue weighted by atomic mass is 32.2. The molecule has 0 fully saturated rings. The number of benzene rings is 1. The van der Waals surface area contributed by atoms with E-state index in [1.54, 1.807) is 0 Å². The lowest BCUT2D eigenvalue weighted by Crippen LogP contribution is -2.28. The predicted octanol–water partition coefficient (Wildman–Crippen LogP) is 1.04. The summed E-state index contributed by atoms with van der Waals surface area (Å²) in [5.41, 5.74) is -0.345. The number of nitrogens with one attached hydrogen (secondary N) is 1. The Morgan fingerprint density at radius 1 is 1.42 bits per heavy atom. The molecule has 0 saturated heterocycles. The fraction of sp³-hybridized carbons (Fsp3) is 0.400. The van der Waals surface area contributed by atoms with Crippen LogP contribution >= 0.6 is 0 Å². The molecule has 0 aliphatic heterocycles. The third-order valence-electron chi connectivity index (χ3n) is 2.39. The first-order valence-corrected chi connectivity index (χ1v) is 6.93. The molecule has 0 spiro atoms. The van der Waals surface area contributed by atoms with E-state index in [2.05, 4.69) is 5.32 Å². The van der Waals surface area contributed by atoms with Crippen LogP contribution in [-0.4, -0.2) is 44.0 Å². The molecule has 0 heterocycles. The zero-order valence-electron chi connectivity index (χ0n) is 10.5. The summed E-state index contributed by atoms with van der Waals surface area (Å²) in [6, 6.07) is 2.96. The van der Waals surface area contributed by atoms with Gasteiger partial charge in [-0.25, -0.2) is 17.1 Å². The minimum atomic E-state index is -3.40. The smallest absolute Gasteiger partial charge is 0.292 e. The summed E-state index contributed by atoms with van der Waals surface area (Å²) in [6.45, 7) is -0.0508. The second kappa shape index (κ2) is 5.93. The topological polar surface area (TPSA) is 92.6 Å². The molecule has 0 saturated carbocycles. The van der Waals surface area contributed by atoms with E-state index in [4.69, 9.17) is 0 Å². The van der Waals surface area contributed by atoms with Gasteiger partial charge in [0.05, 0.1) is 10.7 Å². The summed E-state index contributed by atoms with van der Waals surface area (Å²) in [5, 5.41) is 13.3. The van der Waals surface area contributed by atoms with Gasteiger partial charge in [0.2, 0.25) is 10.0 Å².